The molecule has 27 heavy (non-hydrogen) atoms. The first kappa shape index (κ1) is 20.5. The quantitative estimate of drug-likeness (QED) is 0.567. The van der Waals surface area contributed by atoms with E-state index in [2.05, 4.69) is 18.0 Å². The molecule has 1 aromatic carbocycles. The molecule has 0 amide bonds. The molecule has 2 rings (SSSR count). The zero-order valence-electron chi connectivity index (χ0n) is 16.0. The largest absolute Gasteiger partial charge is 0.493 e. The van der Waals surface area contributed by atoms with Gasteiger partial charge in [-0.25, -0.2) is 0 Å². The Balaban J connectivity index is 2.26. The molecule has 0 unspecified atom stereocenters. The molecule has 0 spiro atoms. The Kier molecular flexibility index (Phi) is 8.36. The standard InChI is InChI=1S/C22H27NO4/c1-3-14-27-20-12-11-17(15-21(20)26-2)19(18-8-7-13-23-16-18)9-5-4-6-10-22(24)25/h7-9,11-13,15-16H,3-6,10,14H2,1-2H3,(H,24,25). The Hall–Kier alpha value is -2.82. The van der Waals surface area contributed by atoms with E-state index >= 15 is 0 Å². The third-order valence-corrected chi connectivity index (χ3v) is 4.10. The van der Waals surface area contributed by atoms with E-state index in [1.165, 1.54) is 0 Å². The first-order chi connectivity index (χ1) is 13.2. The Labute approximate surface area is 160 Å². The van der Waals surface area contributed by atoms with Crippen LogP contribution < -0.4 is 9.47 Å². The topological polar surface area (TPSA) is 68.7 Å². The molecule has 1 heterocycles. The van der Waals surface area contributed by atoms with Crippen LogP contribution in [-0.4, -0.2) is 29.8 Å². The molecule has 0 atom stereocenters. The minimum atomic E-state index is -0.751. The molecule has 0 saturated carbocycles. The van der Waals surface area contributed by atoms with Crippen LogP contribution in [0.2, 0.25) is 0 Å². The Morgan fingerprint density at radius 2 is 2.04 bits per heavy atom. The van der Waals surface area contributed by atoms with Gasteiger partial charge in [0, 0.05) is 24.4 Å². The molecule has 1 aromatic heterocycles. The molecule has 5 heteroatoms. The maximum absolute atomic E-state index is 10.7. The average molecular weight is 369 g/mol. The SMILES string of the molecule is CCCOc1ccc(C(=CCCCCC(=O)O)c2cccnc2)cc1OC. The van der Waals surface area contributed by atoms with Crippen molar-refractivity contribution in [3.63, 3.8) is 0 Å². The number of methoxy groups -OCH3 is 1. The Morgan fingerprint density at radius 3 is 2.70 bits per heavy atom. The van der Waals surface area contributed by atoms with Crippen LogP contribution in [0.25, 0.3) is 5.57 Å². The molecule has 0 aliphatic carbocycles. The second kappa shape index (κ2) is 11.0. The minimum Gasteiger partial charge on any atom is -0.493 e. The van der Waals surface area contributed by atoms with E-state index in [1.54, 1.807) is 13.3 Å². The lowest BCUT2D eigenvalue weighted by Crippen LogP contribution is -1.99. The van der Waals surface area contributed by atoms with Crippen LogP contribution in [-0.2, 0) is 4.79 Å². The molecule has 0 saturated heterocycles. The highest BCUT2D eigenvalue weighted by Gasteiger charge is 2.11. The van der Waals surface area contributed by atoms with Gasteiger partial charge in [0.15, 0.2) is 11.5 Å². The van der Waals surface area contributed by atoms with Crippen LogP contribution in [0.15, 0.2) is 48.8 Å². The van der Waals surface area contributed by atoms with Gasteiger partial charge in [-0.05, 0) is 55.0 Å². The Bertz CT molecular complexity index is 756. The van der Waals surface area contributed by atoms with Crippen LogP contribution >= 0.6 is 0 Å². The van der Waals surface area contributed by atoms with E-state index in [-0.39, 0.29) is 6.42 Å². The number of ether oxygens (including phenoxy) is 2. The number of aliphatic carboxylic acids is 1. The summed E-state index contributed by atoms with van der Waals surface area (Å²) in [7, 11) is 1.64. The van der Waals surface area contributed by atoms with Gasteiger partial charge in [0.1, 0.15) is 0 Å². The van der Waals surface area contributed by atoms with E-state index in [0.717, 1.165) is 41.7 Å². The number of pyridine rings is 1. The third kappa shape index (κ3) is 6.44. The van der Waals surface area contributed by atoms with Crippen molar-refractivity contribution in [3.8, 4) is 11.5 Å². The molecule has 2 aromatic rings. The first-order valence-electron chi connectivity index (χ1n) is 9.29. The maximum Gasteiger partial charge on any atom is 0.303 e. The zero-order valence-corrected chi connectivity index (χ0v) is 16.0. The first-order valence-corrected chi connectivity index (χ1v) is 9.29. The number of nitrogens with zero attached hydrogens (tertiary/aromatic N) is 1. The lowest BCUT2D eigenvalue weighted by Gasteiger charge is -2.14. The zero-order chi connectivity index (χ0) is 19.5. The van der Waals surface area contributed by atoms with Crippen molar-refractivity contribution < 1.29 is 19.4 Å². The second-order valence-electron chi connectivity index (χ2n) is 6.21. The highest BCUT2D eigenvalue weighted by Crippen LogP contribution is 2.33. The van der Waals surface area contributed by atoms with Gasteiger partial charge >= 0.3 is 5.97 Å². The molecule has 0 bridgehead atoms. The number of benzene rings is 1. The van der Waals surface area contributed by atoms with E-state index in [0.29, 0.717) is 18.8 Å². The average Bonchev–Trinajstić information content (AvgIpc) is 2.69. The summed E-state index contributed by atoms with van der Waals surface area (Å²) in [5.41, 5.74) is 3.08. The molecule has 0 radical (unpaired) electrons. The number of carboxylic acid groups (broad SMARTS) is 1. The highest BCUT2D eigenvalue weighted by atomic mass is 16.5. The second-order valence-corrected chi connectivity index (χ2v) is 6.21. The summed E-state index contributed by atoms with van der Waals surface area (Å²) in [5.74, 6) is 0.676. The van der Waals surface area contributed by atoms with Gasteiger partial charge in [0.25, 0.3) is 0 Å². The summed E-state index contributed by atoms with van der Waals surface area (Å²) in [4.78, 5) is 14.9. The van der Waals surface area contributed by atoms with Crippen LogP contribution in [0.3, 0.4) is 0 Å². The molecule has 0 aliphatic heterocycles. The third-order valence-electron chi connectivity index (χ3n) is 4.10. The van der Waals surface area contributed by atoms with Crippen LogP contribution in [0.1, 0.15) is 50.2 Å². The van der Waals surface area contributed by atoms with Gasteiger partial charge in [-0.1, -0.05) is 25.1 Å². The predicted molar refractivity (Wildman–Crippen MR) is 106 cm³/mol. The van der Waals surface area contributed by atoms with Crippen molar-refractivity contribution in [1.29, 1.82) is 0 Å². The predicted octanol–water partition coefficient (Wildman–Crippen LogP) is 4.96. The van der Waals surface area contributed by atoms with E-state index in [1.807, 2.05) is 36.5 Å². The number of rotatable bonds is 11. The van der Waals surface area contributed by atoms with Crippen molar-refractivity contribution in [2.24, 2.45) is 0 Å². The number of aromatic nitrogens is 1. The molecule has 0 fully saturated rings. The fraction of sp³-hybridized carbons (Fsp3) is 0.364. The number of unbranched alkanes of at least 4 members (excludes halogenated alkanes) is 2. The summed E-state index contributed by atoms with van der Waals surface area (Å²) < 4.78 is 11.2. The van der Waals surface area contributed by atoms with Gasteiger partial charge < -0.3 is 14.6 Å². The van der Waals surface area contributed by atoms with E-state index in [9.17, 15) is 4.79 Å². The van der Waals surface area contributed by atoms with Crippen LogP contribution in [0.4, 0.5) is 0 Å². The van der Waals surface area contributed by atoms with Crippen molar-refractivity contribution in [2.45, 2.75) is 39.0 Å². The van der Waals surface area contributed by atoms with E-state index in [4.69, 9.17) is 14.6 Å². The summed E-state index contributed by atoms with van der Waals surface area (Å²) in [6.45, 7) is 2.71. The van der Waals surface area contributed by atoms with Crippen LogP contribution in [0.5, 0.6) is 11.5 Å². The van der Waals surface area contributed by atoms with Gasteiger partial charge in [0.2, 0.25) is 0 Å². The molecule has 1 N–H and O–H groups in total. The lowest BCUT2D eigenvalue weighted by molar-refractivity contribution is -0.137. The Morgan fingerprint density at radius 1 is 1.19 bits per heavy atom. The fourth-order valence-electron chi connectivity index (χ4n) is 2.76. The smallest absolute Gasteiger partial charge is 0.303 e. The number of hydrogen-bond acceptors (Lipinski definition) is 4. The summed E-state index contributed by atoms with van der Waals surface area (Å²) in [5, 5.41) is 8.77. The number of carbonyl (C=O) groups is 1. The van der Waals surface area contributed by atoms with Gasteiger partial charge in [-0.2, -0.15) is 0 Å². The minimum absolute atomic E-state index is 0.202. The summed E-state index contributed by atoms with van der Waals surface area (Å²) in [6, 6.07) is 9.84. The molecular formula is C22H27NO4. The molecule has 0 aliphatic rings. The van der Waals surface area contributed by atoms with Crippen LogP contribution in [0, 0.1) is 0 Å². The monoisotopic (exact) mass is 369 g/mol. The van der Waals surface area contributed by atoms with Crippen molar-refractivity contribution >= 4 is 11.5 Å². The highest BCUT2D eigenvalue weighted by molar-refractivity contribution is 5.80. The van der Waals surface area contributed by atoms with Crippen molar-refractivity contribution in [2.75, 3.05) is 13.7 Å². The van der Waals surface area contributed by atoms with Crippen molar-refractivity contribution in [1.82, 2.24) is 4.98 Å². The lowest BCUT2D eigenvalue weighted by atomic mass is 9.97. The van der Waals surface area contributed by atoms with Gasteiger partial charge in [-0.3, -0.25) is 9.78 Å². The summed E-state index contributed by atoms with van der Waals surface area (Å²) in [6.07, 6.45) is 9.14. The molecule has 144 valence electrons. The van der Waals surface area contributed by atoms with Crippen molar-refractivity contribution in [3.05, 3.63) is 59.9 Å². The normalized spacial score (nSPS) is 11.3. The number of hydrogen-bond donors (Lipinski definition) is 1. The van der Waals surface area contributed by atoms with E-state index < -0.39 is 5.97 Å². The fourth-order valence-corrected chi connectivity index (χ4v) is 2.76. The summed E-state index contributed by atoms with van der Waals surface area (Å²) >= 11 is 0. The maximum atomic E-state index is 10.7. The molecule has 5 nitrogen and oxygen atoms in total. The number of allylic oxidation sites excluding steroid dienone is 1. The van der Waals surface area contributed by atoms with Gasteiger partial charge in [0.05, 0.1) is 13.7 Å². The van der Waals surface area contributed by atoms with Gasteiger partial charge in [-0.15, -0.1) is 0 Å². The molecular weight excluding hydrogens is 342 g/mol. The number of carboxylic acids is 1.